The van der Waals surface area contributed by atoms with Crippen LogP contribution >= 0.6 is 11.6 Å². The van der Waals surface area contributed by atoms with Crippen LogP contribution in [-0.2, 0) is 6.61 Å². The van der Waals surface area contributed by atoms with E-state index >= 15 is 0 Å². The Kier molecular flexibility index (Phi) is 5.73. The van der Waals surface area contributed by atoms with Crippen molar-refractivity contribution in [3.8, 4) is 17.2 Å². The van der Waals surface area contributed by atoms with Gasteiger partial charge in [-0.15, -0.1) is 5.10 Å². The number of para-hydroxylation sites is 1. The monoisotopic (exact) mass is 458 g/mol. The summed E-state index contributed by atoms with van der Waals surface area (Å²) in [4.78, 5) is 9.02. The van der Waals surface area contributed by atoms with Gasteiger partial charge in [0.2, 0.25) is 5.95 Å². The first-order valence-electron chi connectivity index (χ1n) is 10.1. The quantitative estimate of drug-likeness (QED) is 0.359. The number of ether oxygens (including phenoxy) is 2. The predicted octanol–water partition coefficient (Wildman–Crippen LogP) is 5.20. The molecule has 1 N–H and O–H groups in total. The minimum atomic E-state index is 0.246. The standard InChI is InChI=1S/C24H19ClN6O2/c1-32-21-10-8-20(9-11-21)31-14-19(29-30-31)15-33-22-7-2-4-16-13-26-24(28-23(16)22)27-18-6-3-5-17(25)12-18/h2-14H,15H2,1H3,(H,26,27,28). The van der Waals surface area contributed by atoms with E-state index in [4.69, 9.17) is 21.1 Å². The first-order chi connectivity index (χ1) is 16.2. The molecule has 0 spiro atoms. The summed E-state index contributed by atoms with van der Waals surface area (Å²) in [7, 11) is 1.63. The van der Waals surface area contributed by atoms with E-state index in [1.807, 2.05) is 72.9 Å². The van der Waals surface area contributed by atoms with E-state index in [9.17, 15) is 0 Å². The second kappa shape index (κ2) is 9.13. The molecule has 0 saturated heterocycles. The number of fused-ring (bicyclic) bond motifs is 1. The number of methoxy groups -OCH3 is 1. The molecule has 0 fully saturated rings. The van der Waals surface area contributed by atoms with E-state index in [2.05, 4.69) is 25.6 Å². The number of aromatic nitrogens is 5. The fourth-order valence-electron chi connectivity index (χ4n) is 3.28. The van der Waals surface area contributed by atoms with Gasteiger partial charge < -0.3 is 14.8 Å². The fraction of sp³-hybridized carbons (Fsp3) is 0.0833. The van der Waals surface area contributed by atoms with Gasteiger partial charge in [0.05, 0.1) is 19.0 Å². The van der Waals surface area contributed by atoms with Crippen LogP contribution < -0.4 is 14.8 Å². The van der Waals surface area contributed by atoms with Gasteiger partial charge in [0.1, 0.15) is 29.3 Å². The third-order valence-electron chi connectivity index (χ3n) is 4.91. The molecule has 0 radical (unpaired) electrons. The van der Waals surface area contributed by atoms with Crippen molar-refractivity contribution >= 4 is 34.1 Å². The number of hydrogen-bond acceptors (Lipinski definition) is 7. The largest absolute Gasteiger partial charge is 0.497 e. The van der Waals surface area contributed by atoms with Gasteiger partial charge in [-0.05, 0) is 48.5 Å². The normalized spacial score (nSPS) is 10.8. The molecule has 5 aromatic rings. The lowest BCUT2D eigenvalue weighted by Gasteiger charge is -2.09. The van der Waals surface area contributed by atoms with E-state index in [1.165, 1.54) is 0 Å². The van der Waals surface area contributed by atoms with Crippen molar-refractivity contribution < 1.29 is 9.47 Å². The second-order valence-corrected chi connectivity index (χ2v) is 7.60. The lowest BCUT2D eigenvalue weighted by Crippen LogP contribution is -2.00. The summed E-state index contributed by atoms with van der Waals surface area (Å²) in [5.41, 5.74) is 3.06. The lowest BCUT2D eigenvalue weighted by molar-refractivity contribution is 0.304. The molecule has 0 amide bonds. The summed E-state index contributed by atoms with van der Waals surface area (Å²) in [6, 6.07) is 20.7. The van der Waals surface area contributed by atoms with Crippen LogP contribution in [0.3, 0.4) is 0 Å². The van der Waals surface area contributed by atoms with Gasteiger partial charge >= 0.3 is 0 Å². The molecule has 164 valence electrons. The van der Waals surface area contributed by atoms with E-state index in [0.717, 1.165) is 22.5 Å². The molecule has 0 aliphatic rings. The number of rotatable bonds is 7. The molecular weight excluding hydrogens is 440 g/mol. The Balaban J connectivity index is 1.34. The zero-order valence-electron chi connectivity index (χ0n) is 17.6. The molecule has 5 rings (SSSR count). The Morgan fingerprint density at radius 3 is 2.70 bits per heavy atom. The van der Waals surface area contributed by atoms with E-state index in [0.29, 0.717) is 27.9 Å². The maximum Gasteiger partial charge on any atom is 0.227 e. The van der Waals surface area contributed by atoms with Crippen LogP contribution in [0.1, 0.15) is 5.69 Å². The third kappa shape index (κ3) is 4.70. The minimum Gasteiger partial charge on any atom is -0.497 e. The van der Waals surface area contributed by atoms with Crippen molar-refractivity contribution in [2.45, 2.75) is 6.61 Å². The Morgan fingerprint density at radius 2 is 1.88 bits per heavy atom. The van der Waals surface area contributed by atoms with Gasteiger partial charge in [-0.2, -0.15) is 0 Å². The summed E-state index contributed by atoms with van der Waals surface area (Å²) in [5.74, 6) is 1.86. The zero-order chi connectivity index (χ0) is 22.6. The molecule has 3 aromatic carbocycles. The molecular formula is C24H19ClN6O2. The summed E-state index contributed by atoms with van der Waals surface area (Å²) in [5, 5.41) is 13.1. The van der Waals surface area contributed by atoms with Gasteiger partial charge in [-0.3, -0.25) is 0 Å². The fourth-order valence-corrected chi connectivity index (χ4v) is 3.47. The average Bonchev–Trinajstić information content (AvgIpc) is 3.32. The molecule has 0 aliphatic carbocycles. The van der Waals surface area contributed by atoms with Crippen LogP contribution in [0.15, 0.2) is 79.1 Å². The van der Waals surface area contributed by atoms with Gasteiger partial charge in [0.25, 0.3) is 0 Å². The maximum absolute atomic E-state index is 6.07. The summed E-state index contributed by atoms with van der Waals surface area (Å²) >= 11 is 6.07. The van der Waals surface area contributed by atoms with Crippen LogP contribution in [0.2, 0.25) is 5.02 Å². The Bertz CT molecular complexity index is 1400. The van der Waals surface area contributed by atoms with Crippen LogP contribution in [-0.4, -0.2) is 32.1 Å². The van der Waals surface area contributed by atoms with Gasteiger partial charge in [0, 0.05) is 22.3 Å². The smallest absolute Gasteiger partial charge is 0.227 e. The highest BCUT2D eigenvalue weighted by Gasteiger charge is 2.09. The van der Waals surface area contributed by atoms with Gasteiger partial charge in [-0.25, -0.2) is 14.6 Å². The molecule has 0 saturated carbocycles. The molecule has 9 heteroatoms. The van der Waals surface area contributed by atoms with Crippen molar-refractivity contribution in [1.29, 1.82) is 0 Å². The number of nitrogens with zero attached hydrogens (tertiary/aromatic N) is 5. The highest BCUT2D eigenvalue weighted by Crippen LogP contribution is 2.26. The zero-order valence-corrected chi connectivity index (χ0v) is 18.4. The Labute approximate surface area is 194 Å². The van der Waals surface area contributed by atoms with Gasteiger partial charge in [-0.1, -0.05) is 35.0 Å². The van der Waals surface area contributed by atoms with Crippen LogP contribution in [0, 0.1) is 0 Å². The number of nitrogens with one attached hydrogen (secondary N) is 1. The molecule has 8 nitrogen and oxygen atoms in total. The van der Waals surface area contributed by atoms with Crippen molar-refractivity contribution in [3.05, 3.63) is 89.8 Å². The molecule has 2 heterocycles. The van der Waals surface area contributed by atoms with Crippen molar-refractivity contribution in [2.24, 2.45) is 0 Å². The topological polar surface area (TPSA) is 87.0 Å². The third-order valence-corrected chi connectivity index (χ3v) is 5.14. The summed E-state index contributed by atoms with van der Waals surface area (Å²) in [6.07, 6.45) is 3.58. The van der Waals surface area contributed by atoms with Gasteiger partial charge in [0.15, 0.2) is 0 Å². The van der Waals surface area contributed by atoms with Crippen LogP contribution in [0.5, 0.6) is 11.5 Å². The van der Waals surface area contributed by atoms with Crippen molar-refractivity contribution in [2.75, 3.05) is 12.4 Å². The highest BCUT2D eigenvalue weighted by atomic mass is 35.5. The Morgan fingerprint density at radius 1 is 1.03 bits per heavy atom. The van der Waals surface area contributed by atoms with Crippen LogP contribution in [0.25, 0.3) is 16.6 Å². The van der Waals surface area contributed by atoms with E-state index < -0.39 is 0 Å². The van der Waals surface area contributed by atoms with E-state index in [1.54, 1.807) is 18.0 Å². The summed E-state index contributed by atoms with van der Waals surface area (Å²) in [6.45, 7) is 0.246. The van der Waals surface area contributed by atoms with Crippen LogP contribution in [0.4, 0.5) is 11.6 Å². The van der Waals surface area contributed by atoms with E-state index in [-0.39, 0.29) is 6.61 Å². The molecule has 33 heavy (non-hydrogen) atoms. The number of anilines is 2. The first kappa shape index (κ1) is 20.7. The predicted molar refractivity (Wildman–Crippen MR) is 127 cm³/mol. The number of halogens is 1. The lowest BCUT2D eigenvalue weighted by atomic mass is 10.2. The van der Waals surface area contributed by atoms with Crippen molar-refractivity contribution in [3.63, 3.8) is 0 Å². The Hall–Kier alpha value is -4.17. The minimum absolute atomic E-state index is 0.246. The van der Waals surface area contributed by atoms with Crippen molar-refractivity contribution in [1.82, 2.24) is 25.0 Å². The highest BCUT2D eigenvalue weighted by molar-refractivity contribution is 6.30. The average molecular weight is 459 g/mol. The number of hydrogen-bond donors (Lipinski definition) is 1. The first-order valence-corrected chi connectivity index (χ1v) is 10.5. The molecule has 0 aliphatic heterocycles. The summed E-state index contributed by atoms with van der Waals surface area (Å²) < 4.78 is 12.9. The SMILES string of the molecule is COc1ccc(-n2cc(COc3cccc4cnc(Nc5cccc(Cl)c5)nc34)nn2)cc1. The maximum atomic E-state index is 6.07. The number of benzene rings is 3. The molecule has 0 unspecified atom stereocenters. The molecule has 0 atom stereocenters. The molecule has 2 aromatic heterocycles. The second-order valence-electron chi connectivity index (χ2n) is 7.16. The molecule has 0 bridgehead atoms.